The molecule has 4 nitrogen and oxygen atoms in total. The molecular formula is C13H12N4. The van der Waals surface area contributed by atoms with Crippen LogP contribution in [0, 0.1) is 11.3 Å². The van der Waals surface area contributed by atoms with E-state index in [0.29, 0.717) is 16.9 Å². The van der Waals surface area contributed by atoms with Gasteiger partial charge >= 0.3 is 0 Å². The van der Waals surface area contributed by atoms with Gasteiger partial charge in [0.2, 0.25) is 0 Å². The molecular weight excluding hydrogens is 212 g/mol. The van der Waals surface area contributed by atoms with E-state index in [1.54, 1.807) is 12.1 Å². The molecule has 0 unspecified atom stereocenters. The number of benzene rings is 2. The van der Waals surface area contributed by atoms with Gasteiger partial charge in [-0.05, 0) is 42.5 Å². The van der Waals surface area contributed by atoms with Crippen molar-refractivity contribution in [1.82, 2.24) is 0 Å². The lowest BCUT2D eigenvalue weighted by Gasteiger charge is -2.07. The van der Waals surface area contributed by atoms with Crippen LogP contribution < -0.4 is 16.8 Å². The second-order valence-electron chi connectivity index (χ2n) is 3.66. The van der Waals surface area contributed by atoms with E-state index >= 15 is 0 Å². The number of hydrogen-bond acceptors (Lipinski definition) is 4. The zero-order valence-electron chi connectivity index (χ0n) is 9.14. The molecule has 0 aromatic heterocycles. The van der Waals surface area contributed by atoms with Crippen molar-refractivity contribution in [3.8, 4) is 6.07 Å². The second-order valence-corrected chi connectivity index (χ2v) is 3.66. The minimum atomic E-state index is 0.463. The molecule has 2 rings (SSSR count). The number of nitrogen functional groups attached to an aromatic ring is 2. The summed E-state index contributed by atoms with van der Waals surface area (Å²) >= 11 is 0. The van der Waals surface area contributed by atoms with Crippen molar-refractivity contribution in [2.45, 2.75) is 0 Å². The Morgan fingerprint density at radius 2 is 1.59 bits per heavy atom. The first-order chi connectivity index (χ1) is 8.19. The average molecular weight is 224 g/mol. The number of anilines is 4. The summed E-state index contributed by atoms with van der Waals surface area (Å²) in [6.45, 7) is 0. The molecule has 5 N–H and O–H groups in total. The monoisotopic (exact) mass is 224 g/mol. The van der Waals surface area contributed by atoms with Crippen LogP contribution in [-0.4, -0.2) is 0 Å². The molecule has 0 spiro atoms. The first-order valence-electron chi connectivity index (χ1n) is 5.11. The maximum atomic E-state index is 8.87. The van der Waals surface area contributed by atoms with E-state index in [4.69, 9.17) is 16.7 Å². The number of hydrogen-bond donors (Lipinski definition) is 3. The zero-order chi connectivity index (χ0) is 12.3. The van der Waals surface area contributed by atoms with Crippen molar-refractivity contribution < 1.29 is 0 Å². The maximum Gasteiger partial charge on any atom is 0.101 e. The maximum absolute atomic E-state index is 8.87. The Kier molecular flexibility index (Phi) is 2.84. The highest BCUT2D eigenvalue weighted by Crippen LogP contribution is 2.21. The van der Waals surface area contributed by atoms with Crippen LogP contribution in [0.1, 0.15) is 5.56 Å². The predicted octanol–water partition coefficient (Wildman–Crippen LogP) is 2.47. The summed E-state index contributed by atoms with van der Waals surface area (Å²) in [5, 5.41) is 12.0. The second kappa shape index (κ2) is 4.45. The van der Waals surface area contributed by atoms with Crippen molar-refractivity contribution in [1.29, 1.82) is 5.26 Å². The van der Waals surface area contributed by atoms with Crippen LogP contribution in [0.15, 0.2) is 42.5 Å². The first kappa shape index (κ1) is 10.8. The molecule has 0 saturated carbocycles. The number of nitrogens with one attached hydrogen (secondary N) is 1. The van der Waals surface area contributed by atoms with Gasteiger partial charge in [0.15, 0.2) is 0 Å². The highest BCUT2D eigenvalue weighted by molar-refractivity contribution is 5.67. The van der Waals surface area contributed by atoms with E-state index in [9.17, 15) is 0 Å². The number of nitriles is 1. The third-order valence-electron chi connectivity index (χ3n) is 2.37. The van der Waals surface area contributed by atoms with Crippen LogP contribution in [0.5, 0.6) is 0 Å². The largest absolute Gasteiger partial charge is 0.399 e. The molecule has 0 atom stereocenters. The van der Waals surface area contributed by atoms with Crippen LogP contribution in [0.4, 0.5) is 22.7 Å². The molecule has 4 heteroatoms. The van der Waals surface area contributed by atoms with Gasteiger partial charge in [-0.1, -0.05) is 0 Å². The Bertz CT molecular complexity index is 567. The van der Waals surface area contributed by atoms with Crippen molar-refractivity contribution in [3.63, 3.8) is 0 Å². The van der Waals surface area contributed by atoms with Gasteiger partial charge in [0.1, 0.15) is 6.07 Å². The standard InChI is InChI=1S/C13H12N4/c14-8-9-7-12(5-6-13(9)16)17-11-3-1-10(15)2-4-11/h1-7,17H,15-16H2. The highest BCUT2D eigenvalue weighted by Gasteiger charge is 2.00. The molecule has 0 aliphatic heterocycles. The Morgan fingerprint density at radius 1 is 0.941 bits per heavy atom. The van der Waals surface area contributed by atoms with Crippen molar-refractivity contribution in [2.75, 3.05) is 16.8 Å². The van der Waals surface area contributed by atoms with Crippen LogP contribution in [0.25, 0.3) is 0 Å². The normalized spacial score (nSPS) is 9.59. The van der Waals surface area contributed by atoms with Gasteiger partial charge in [-0.25, -0.2) is 0 Å². The molecule has 2 aromatic rings. The van der Waals surface area contributed by atoms with Crippen molar-refractivity contribution in [3.05, 3.63) is 48.0 Å². The molecule has 84 valence electrons. The van der Waals surface area contributed by atoms with Gasteiger partial charge in [-0.2, -0.15) is 5.26 Å². The van der Waals surface area contributed by atoms with Gasteiger partial charge in [0, 0.05) is 22.7 Å². The Hall–Kier alpha value is -2.67. The summed E-state index contributed by atoms with van der Waals surface area (Å²) in [6.07, 6.45) is 0. The van der Waals surface area contributed by atoms with Crippen LogP contribution in [0.3, 0.4) is 0 Å². The van der Waals surface area contributed by atoms with E-state index < -0.39 is 0 Å². The van der Waals surface area contributed by atoms with Crippen LogP contribution in [-0.2, 0) is 0 Å². The minimum Gasteiger partial charge on any atom is -0.399 e. The van der Waals surface area contributed by atoms with E-state index in [1.165, 1.54) is 0 Å². The molecule has 0 bridgehead atoms. The zero-order valence-corrected chi connectivity index (χ0v) is 9.14. The summed E-state index contributed by atoms with van der Waals surface area (Å²) in [4.78, 5) is 0. The van der Waals surface area contributed by atoms with Gasteiger partial charge in [0.25, 0.3) is 0 Å². The fourth-order valence-electron chi connectivity index (χ4n) is 1.46. The van der Waals surface area contributed by atoms with Crippen molar-refractivity contribution >= 4 is 22.7 Å². The number of nitrogens with two attached hydrogens (primary N) is 2. The molecule has 17 heavy (non-hydrogen) atoms. The molecule has 0 heterocycles. The van der Waals surface area contributed by atoms with Gasteiger partial charge in [-0.3, -0.25) is 0 Å². The van der Waals surface area contributed by atoms with Gasteiger partial charge in [0.05, 0.1) is 5.56 Å². The summed E-state index contributed by atoms with van der Waals surface area (Å²) in [5.74, 6) is 0. The number of nitrogens with zero attached hydrogens (tertiary/aromatic N) is 1. The van der Waals surface area contributed by atoms with E-state index in [1.807, 2.05) is 36.4 Å². The summed E-state index contributed by atoms with van der Waals surface area (Å²) in [5.41, 5.74) is 14.6. The van der Waals surface area contributed by atoms with Crippen LogP contribution >= 0.6 is 0 Å². The summed E-state index contributed by atoms with van der Waals surface area (Å²) in [6, 6.07) is 14.7. The molecule has 0 aliphatic carbocycles. The lowest BCUT2D eigenvalue weighted by atomic mass is 10.1. The average Bonchev–Trinajstić information content (AvgIpc) is 2.34. The Morgan fingerprint density at radius 3 is 2.24 bits per heavy atom. The Labute approximate surface area is 99.5 Å². The SMILES string of the molecule is N#Cc1cc(Nc2ccc(N)cc2)ccc1N. The molecule has 0 saturated heterocycles. The lowest BCUT2D eigenvalue weighted by Crippen LogP contribution is -1.94. The predicted molar refractivity (Wildman–Crippen MR) is 69.7 cm³/mol. The van der Waals surface area contributed by atoms with Gasteiger partial charge in [-0.15, -0.1) is 0 Å². The fourth-order valence-corrected chi connectivity index (χ4v) is 1.46. The summed E-state index contributed by atoms with van der Waals surface area (Å²) in [7, 11) is 0. The first-order valence-corrected chi connectivity index (χ1v) is 5.11. The molecule has 0 fully saturated rings. The third kappa shape index (κ3) is 2.47. The van der Waals surface area contributed by atoms with E-state index in [0.717, 1.165) is 11.4 Å². The highest BCUT2D eigenvalue weighted by atomic mass is 14.9. The van der Waals surface area contributed by atoms with Crippen LogP contribution in [0.2, 0.25) is 0 Å². The van der Waals surface area contributed by atoms with Crippen molar-refractivity contribution in [2.24, 2.45) is 0 Å². The van der Waals surface area contributed by atoms with E-state index in [2.05, 4.69) is 5.32 Å². The fraction of sp³-hybridized carbons (Fsp3) is 0. The lowest BCUT2D eigenvalue weighted by molar-refractivity contribution is 1.47. The third-order valence-corrected chi connectivity index (χ3v) is 2.37. The molecule has 0 amide bonds. The van der Waals surface area contributed by atoms with E-state index in [-0.39, 0.29) is 0 Å². The molecule has 2 aromatic carbocycles. The smallest absolute Gasteiger partial charge is 0.101 e. The number of rotatable bonds is 2. The summed E-state index contributed by atoms with van der Waals surface area (Å²) < 4.78 is 0. The topological polar surface area (TPSA) is 87.9 Å². The molecule has 0 radical (unpaired) electrons. The molecule has 0 aliphatic rings. The quantitative estimate of drug-likeness (QED) is 0.684. The minimum absolute atomic E-state index is 0.463. The van der Waals surface area contributed by atoms with Gasteiger partial charge < -0.3 is 16.8 Å². The Balaban J connectivity index is 2.25.